The molecule has 0 bridgehead atoms. The van der Waals surface area contributed by atoms with Gasteiger partial charge in [0.1, 0.15) is 0 Å². The Kier molecular flexibility index (Phi) is 7.71. The summed E-state index contributed by atoms with van der Waals surface area (Å²) in [5, 5.41) is 0.491. The average molecular weight is 196 g/mol. The van der Waals surface area contributed by atoms with Gasteiger partial charge >= 0.3 is 0 Å². The summed E-state index contributed by atoms with van der Waals surface area (Å²) < 4.78 is 12.0. The molecule has 0 aromatic carbocycles. The van der Waals surface area contributed by atoms with E-state index >= 15 is 0 Å². The van der Waals surface area contributed by atoms with Gasteiger partial charge in [0.25, 0.3) is 0 Å². The molecule has 68 valence electrons. The molecule has 0 fully saturated rings. The maximum atomic E-state index is 12.0. The Balaban J connectivity index is 3.51. The van der Waals surface area contributed by atoms with Crippen molar-refractivity contribution in [3.05, 3.63) is 0 Å². The Morgan fingerprint density at radius 2 is 2.00 bits per heavy atom. The molecule has 0 heterocycles. The molecule has 0 aliphatic heterocycles. The molecule has 0 amide bonds. The molecule has 3 heteroatoms. The largest absolute Gasteiger partial charge is 0.251 e. The highest BCUT2D eigenvalue weighted by Gasteiger charge is 2.13. The highest BCUT2D eigenvalue weighted by molar-refractivity contribution is 8.76. The van der Waals surface area contributed by atoms with E-state index in [9.17, 15) is 4.39 Å². The van der Waals surface area contributed by atoms with Crippen LogP contribution < -0.4 is 0 Å². The van der Waals surface area contributed by atoms with Crippen LogP contribution in [-0.2, 0) is 0 Å². The summed E-state index contributed by atoms with van der Waals surface area (Å²) >= 11 is 0. The second-order valence-corrected chi connectivity index (χ2v) is 5.66. The summed E-state index contributed by atoms with van der Waals surface area (Å²) in [5.74, 6) is 1.70. The molecule has 0 aromatic rings. The molecule has 0 aliphatic rings. The van der Waals surface area contributed by atoms with Gasteiger partial charge in [-0.15, -0.1) is 0 Å². The molecule has 1 atom stereocenters. The van der Waals surface area contributed by atoms with Gasteiger partial charge in [0.15, 0.2) is 0 Å². The second-order valence-electron chi connectivity index (χ2n) is 2.76. The van der Waals surface area contributed by atoms with Crippen LogP contribution in [0.5, 0.6) is 0 Å². The fraction of sp³-hybridized carbons (Fsp3) is 1.00. The quantitative estimate of drug-likeness (QED) is 0.593. The lowest BCUT2D eigenvalue weighted by Crippen LogP contribution is -2.10. The van der Waals surface area contributed by atoms with Crippen LogP contribution in [0.2, 0.25) is 0 Å². The second kappa shape index (κ2) is 7.29. The first-order chi connectivity index (χ1) is 5.22. The van der Waals surface area contributed by atoms with E-state index in [0.717, 1.165) is 5.75 Å². The average Bonchev–Trinajstić information content (AvgIpc) is 1.97. The predicted octanol–water partition coefficient (Wildman–Crippen LogP) is 3.77. The normalized spacial score (nSPS) is 13.9. The number of rotatable bonds is 6. The molecular formula is C8H17FS2. The summed E-state index contributed by atoms with van der Waals surface area (Å²) in [6.07, 6.45) is 0.704. The van der Waals surface area contributed by atoms with E-state index in [2.05, 4.69) is 20.8 Å². The van der Waals surface area contributed by atoms with E-state index < -0.39 is 0 Å². The zero-order valence-corrected chi connectivity index (χ0v) is 9.10. The van der Waals surface area contributed by atoms with Crippen LogP contribution in [0.25, 0.3) is 0 Å². The molecule has 0 spiro atoms. The lowest BCUT2D eigenvalue weighted by atomic mass is 10.1. The summed E-state index contributed by atoms with van der Waals surface area (Å²) in [6, 6.07) is 0. The fourth-order valence-electron chi connectivity index (χ4n) is 0.756. The van der Waals surface area contributed by atoms with Crippen molar-refractivity contribution in [1.29, 1.82) is 0 Å². The lowest BCUT2D eigenvalue weighted by molar-refractivity contribution is 0.438. The van der Waals surface area contributed by atoms with E-state index in [1.165, 1.54) is 0 Å². The monoisotopic (exact) mass is 196 g/mol. The van der Waals surface area contributed by atoms with Gasteiger partial charge in [-0.1, -0.05) is 42.4 Å². The minimum absolute atomic E-state index is 0.180. The maximum absolute atomic E-state index is 12.0. The van der Waals surface area contributed by atoms with Crippen LogP contribution in [0.4, 0.5) is 4.39 Å². The number of hydrogen-bond donors (Lipinski definition) is 0. The Morgan fingerprint density at radius 1 is 1.36 bits per heavy atom. The van der Waals surface area contributed by atoms with Crippen molar-refractivity contribution >= 4 is 21.6 Å². The fourth-order valence-corrected chi connectivity index (χ4v) is 3.36. The molecule has 0 radical (unpaired) electrons. The van der Waals surface area contributed by atoms with Gasteiger partial charge in [-0.2, -0.15) is 0 Å². The smallest absolute Gasteiger partial charge is 0.0905 e. The molecule has 0 rings (SSSR count). The molecule has 0 saturated heterocycles. The predicted molar refractivity (Wildman–Crippen MR) is 54.9 cm³/mol. The third-order valence-corrected chi connectivity index (χ3v) is 4.70. The summed E-state index contributed by atoms with van der Waals surface area (Å²) in [4.78, 5) is 0. The minimum Gasteiger partial charge on any atom is -0.251 e. The topological polar surface area (TPSA) is 0 Å². The van der Waals surface area contributed by atoms with Crippen LogP contribution in [0.3, 0.4) is 0 Å². The van der Waals surface area contributed by atoms with E-state index in [0.29, 0.717) is 17.6 Å². The molecule has 0 aliphatic carbocycles. The van der Waals surface area contributed by atoms with Gasteiger partial charge in [0.2, 0.25) is 0 Å². The third-order valence-electron chi connectivity index (χ3n) is 1.45. The third kappa shape index (κ3) is 5.85. The van der Waals surface area contributed by atoms with Crippen molar-refractivity contribution in [2.24, 2.45) is 5.92 Å². The highest BCUT2D eigenvalue weighted by atomic mass is 33.1. The summed E-state index contributed by atoms with van der Waals surface area (Å²) in [5.41, 5.74) is 0. The number of alkyl halides is 1. The van der Waals surface area contributed by atoms with Crippen LogP contribution in [0.1, 0.15) is 27.2 Å². The summed E-state index contributed by atoms with van der Waals surface area (Å²) in [6.45, 7) is 6.26. The Hall–Kier alpha value is 0.630. The maximum Gasteiger partial charge on any atom is 0.0905 e. The summed E-state index contributed by atoms with van der Waals surface area (Å²) in [7, 11) is 3.67. The van der Waals surface area contributed by atoms with Gasteiger partial charge in [-0.25, -0.2) is 0 Å². The first kappa shape index (κ1) is 11.6. The highest BCUT2D eigenvalue weighted by Crippen LogP contribution is 2.32. The first-order valence-corrected chi connectivity index (χ1v) is 6.44. The SMILES string of the molecule is CCSS[C@@H](CCF)C(C)C. The van der Waals surface area contributed by atoms with Crippen molar-refractivity contribution in [1.82, 2.24) is 0 Å². The van der Waals surface area contributed by atoms with Crippen molar-refractivity contribution in [3.63, 3.8) is 0 Å². The zero-order chi connectivity index (χ0) is 8.69. The molecule has 0 aromatic heterocycles. The van der Waals surface area contributed by atoms with Gasteiger partial charge in [0, 0.05) is 11.0 Å². The van der Waals surface area contributed by atoms with Crippen LogP contribution in [-0.4, -0.2) is 17.7 Å². The zero-order valence-electron chi connectivity index (χ0n) is 7.47. The molecule has 11 heavy (non-hydrogen) atoms. The van der Waals surface area contributed by atoms with Gasteiger partial charge in [-0.3, -0.25) is 4.39 Å². The van der Waals surface area contributed by atoms with Crippen molar-refractivity contribution in [2.45, 2.75) is 32.4 Å². The molecule has 0 unspecified atom stereocenters. The van der Waals surface area contributed by atoms with Crippen molar-refractivity contribution in [3.8, 4) is 0 Å². The minimum atomic E-state index is -0.180. The Labute approximate surface area is 77.1 Å². The first-order valence-electron chi connectivity index (χ1n) is 4.06. The molecule has 0 saturated carbocycles. The van der Waals surface area contributed by atoms with E-state index in [-0.39, 0.29) is 6.67 Å². The van der Waals surface area contributed by atoms with E-state index in [1.807, 2.05) is 21.6 Å². The molecule has 0 nitrogen and oxygen atoms in total. The van der Waals surface area contributed by atoms with Gasteiger partial charge < -0.3 is 0 Å². The molecular weight excluding hydrogens is 179 g/mol. The van der Waals surface area contributed by atoms with Crippen LogP contribution in [0, 0.1) is 5.92 Å². The Morgan fingerprint density at radius 3 is 2.36 bits per heavy atom. The Bertz CT molecular complexity index is 86.2. The van der Waals surface area contributed by atoms with E-state index in [1.54, 1.807) is 0 Å². The number of hydrogen-bond acceptors (Lipinski definition) is 2. The molecule has 0 N–H and O–H groups in total. The van der Waals surface area contributed by atoms with Gasteiger partial charge in [0.05, 0.1) is 6.67 Å². The van der Waals surface area contributed by atoms with Crippen LogP contribution in [0.15, 0.2) is 0 Å². The standard InChI is InChI=1S/C8H17FS2/c1-4-10-11-8(5-6-9)7(2)3/h7-8H,4-6H2,1-3H3/t8-/m0/s1. The van der Waals surface area contributed by atoms with E-state index in [4.69, 9.17) is 0 Å². The van der Waals surface area contributed by atoms with Crippen LogP contribution >= 0.6 is 21.6 Å². The number of halogens is 1. The van der Waals surface area contributed by atoms with Crippen molar-refractivity contribution < 1.29 is 4.39 Å². The van der Waals surface area contributed by atoms with Gasteiger partial charge in [-0.05, 0) is 12.3 Å². The lowest BCUT2D eigenvalue weighted by Gasteiger charge is -2.17. The van der Waals surface area contributed by atoms with Crippen molar-refractivity contribution in [2.75, 3.05) is 12.4 Å².